The summed E-state index contributed by atoms with van der Waals surface area (Å²) in [4.78, 5) is 87.1. The average Bonchev–Trinajstić information content (AvgIpc) is 4.22. The standard InChI is InChI=1S/C50H55N9O10/c1-27(2)41(55-48(62)65-5)46(60)58-19-7-8-38(58)44-51-21-36(53-44)31-13-9-29(10-14-31)30-11-15-32(16-12-30)37-22-52-45(54-37)39-20-34(24-59(39)47(61)42(28(3)4)56-49(63)66-6)69-50(64)57-23-33-17-18-40-43(35(33)25-57)68-26-67-40/h9-18,21-22,28,34,38-39,41-42H,1,7-8,19-20,23-26H2,2-6H3,(H,51,53)(H,52,54)(H,55,62)(H,56,63)/t34-,38-,39+,41-,42-/m0/s1. The highest BCUT2D eigenvalue weighted by Gasteiger charge is 2.44. The predicted octanol–water partition coefficient (Wildman–Crippen LogP) is 7.00. The van der Waals surface area contributed by atoms with Gasteiger partial charge in [-0.05, 0) is 59.6 Å². The van der Waals surface area contributed by atoms with E-state index in [0.717, 1.165) is 57.6 Å². The first-order valence-corrected chi connectivity index (χ1v) is 22.9. The Hall–Kier alpha value is -7.83. The number of amides is 5. The van der Waals surface area contributed by atoms with Gasteiger partial charge in [-0.25, -0.2) is 24.4 Å². The van der Waals surface area contributed by atoms with E-state index >= 15 is 0 Å². The van der Waals surface area contributed by atoms with Crippen molar-refractivity contribution in [3.8, 4) is 45.1 Å². The number of hydrogen-bond donors (Lipinski definition) is 4. The fourth-order valence-electron chi connectivity index (χ4n) is 9.49. The molecule has 9 rings (SSSR count). The number of alkyl carbamates (subject to hydrolysis) is 2. The molecule has 0 aliphatic carbocycles. The number of likely N-dealkylation sites (tertiary alicyclic amines) is 2. The van der Waals surface area contributed by atoms with Gasteiger partial charge in [-0.2, -0.15) is 0 Å². The zero-order chi connectivity index (χ0) is 48.5. The van der Waals surface area contributed by atoms with Gasteiger partial charge in [0.15, 0.2) is 11.5 Å². The van der Waals surface area contributed by atoms with E-state index in [-0.39, 0.29) is 43.5 Å². The van der Waals surface area contributed by atoms with Gasteiger partial charge in [-0.1, -0.05) is 75.0 Å². The van der Waals surface area contributed by atoms with Crippen LogP contribution < -0.4 is 20.1 Å². The van der Waals surface area contributed by atoms with Crippen molar-refractivity contribution in [2.75, 3.05) is 34.1 Å². The number of carbonyl (C=O) groups is 5. The maximum Gasteiger partial charge on any atom is 0.410 e. The van der Waals surface area contributed by atoms with Crippen LogP contribution in [0.2, 0.25) is 0 Å². The third-order valence-corrected chi connectivity index (χ3v) is 13.2. The molecule has 2 saturated heterocycles. The second-order valence-corrected chi connectivity index (χ2v) is 18.0. The number of fused-ring (bicyclic) bond motifs is 3. The first-order chi connectivity index (χ1) is 33.3. The molecule has 0 bridgehead atoms. The van der Waals surface area contributed by atoms with Gasteiger partial charge in [0, 0.05) is 36.8 Å². The van der Waals surface area contributed by atoms with Crippen molar-refractivity contribution in [3.63, 3.8) is 0 Å². The van der Waals surface area contributed by atoms with Gasteiger partial charge in [0.25, 0.3) is 0 Å². The number of aromatic amines is 2. The number of nitrogens with one attached hydrogen (secondary N) is 4. The van der Waals surface area contributed by atoms with Gasteiger partial charge < -0.3 is 54.1 Å². The number of nitrogens with zero attached hydrogens (tertiary/aromatic N) is 5. The molecule has 2 fully saturated rings. The zero-order valence-corrected chi connectivity index (χ0v) is 39.1. The van der Waals surface area contributed by atoms with Crippen LogP contribution in [0.5, 0.6) is 11.5 Å². The molecule has 0 radical (unpaired) electrons. The van der Waals surface area contributed by atoms with Gasteiger partial charge in [-0.15, -0.1) is 0 Å². The minimum Gasteiger partial charge on any atom is -0.454 e. The Labute approximate surface area is 398 Å². The van der Waals surface area contributed by atoms with Gasteiger partial charge >= 0.3 is 18.3 Å². The minimum atomic E-state index is -0.907. The van der Waals surface area contributed by atoms with Crippen LogP contribution in [0.4, 0.5) is 14.4 Å². The van der Waals surface area contributed by atoms with Gasteiger partial charge in [0.1, 0.15) is 29.8 Å². The lowest BCUT2D eigenvalue weighted by Crippen LogP contribution is -2.51. The Morgan fingerprint density at radius 2 is 1.52 bits per heavy atom. The lowest BCUT2D eigenvalue weighted by molar-refractivity contribution is -0.136. The molecule has 19 nitrogen and oxygen atoms in total. The lowest BCUT2D eigenvalue weighted by atomic mass is 10.0. The van der Waals surface area contributed by atoms with Crippen LogP contribution in [-0.4, -0.2) is 117 Å². The smallest absolute Gasteiger partial charge is 0.410 e. The summed E-state index contributed by atoms with van der Waals surface area (Å²) in [7, 11) is 2.50. The third-order valence-electron chi connectivity index (χ3n) is 13.2. The van der Waals surface area contributed by atoms with E-state index in [4.69, 9.17) is 33.7 Å². The van der Waals surface area contributed by atoms with E-state index in [9.17, 15) is 24.0 Å². The molecule has 0 unspecified atom stereocenters. The monoisotopic (exact) mass is 941 g/mol. The van der Waals surface area contributed by atoms with Crippen molar-refractivity contribution in [1.82, 2.24) is 45.3 Å². The van der Waals surface area contributed by atoms with Crippen molar-refractivity contribution >= 4 is 30.1 Å². The number of ether oxygens (including phenoxy) is 5. The highest BCUT2D eigenvalue weighted by molar-refractivity contribution is 5.89. The minimum absolute atomic E-state index is 0.0906. The topological polar surface area (TPSA) is 223 Å². The summed E-state index contributed by atoms with van der Waals surface area (Å²) in [5.41, 5.74) is 7.57. The molecular formula is C50H55N9O10. The summed E-state index contributed by atoms with van der Waals surface area (Å²) in [6, 6.07) is 17.2. The molecule has 0 spiro atoms. The summed E-state index contributed by atoms with van der Waals surface area (Å²) in [6.45, 7) is 10.7. The number of carbonyl (C=O) groups excluding carboxylic acids is 5. The first-order valence-electron chi connectivity index (χ1n) is 22.9. The molecule has 5 aromatic rings. The van der Waals surface area contributed by atoms with Crippen molar-refractivity contribution in [3.05, 3.63) is 108 Å². The molecule has 4 aliphatic rings. The molecular weight excluding hydrogens is 887 g/mol. The molecule has 3 aromatic carbocycles. The van der Waals surface area contributed by atoms with Crippen LogP contribution in [0.3, 0.4) is 0 Å². The summed E-state index contributed by atoms with van der Waals surface area (Å²) in [5, 5.41) is 5.28. The molecule has 4 aliphatic heterocycles. The number of benzene rings is 3. The Morgan fingerprint density at radius 3 is 2.22 bits per heavy atom. The van der Waals surface area contributed by atoms with E-state index in [1.165, 1.54) is 14.2 Å². The largest absolute Gasteiger partial charge is 0.454 e. The second kappa shape index (κ2) is 19.4. The van der Waals surface area contributed by atoms with Crippen LogP contribution in [-0.2, 0) is 36.9 Å². The summed E-state index contributed by atoms with van der Waals surface area (Å²) in [5.74, 6) is 1.59. The van der Waals surface area contributed by atoms with Crippen LogP contribution >= 0.6 is 0 Å². The fraction of sp³-hybridized carbons (Fsp3) is 0.380. The lowest BCUT2D eigenvalue weighted by Gasteiger charge is -2.29. The quantitative estimate of drug-likeness (QED) is 0.0734. The average molecular weight is 942 g/mol. The fourth-order valence-corrected chi connectivity index (χ4v) is 9.49. The maximum absolute atomic E-state index is 14.3. The van der Waals surface area contributed by atoms with E-state index in [1.54, 1.807) is 27.8 Å². The number of H-pyrrole nitrogens is 2. The molecule has 19 heteroatoms. The normalized spacial score (nSPS) is 19.0. The SMILES string of the molecule is C=C(C)[C@H](NC(=O)OC)C(=O)N1CCC[C@H]1c1nc(-c2ccc(-c3ccc(-c4cnc([C@H]5C[C@H](OC(=O)N6Cc7ccc8c(c7C6)OCO8)CN5C(=O)[C@@H](NC(=O)OC)C(C)C)[nH]4)cc3)cc2)c[nH]1. The molecule has 5 amide bonds. The van der Waals surface area contributed by atoms with E-state index < -0.39 is 42.5 Å². The van der Waals surface area contributed by atoms with Gasteiger partial charge in [-0.3, -0.25) is 14.5 Å². The van der Waals surface area contributed by atoms with E-state index in [0.29, 0.717) is 48.4 Å². The highest BCUT2D eigenvalue weighted by Crippen LogP contribution is 2.42. The van der Waals surface area contributed by atoms with E-state index in [1.807, 2.05) is 80.7 Å². The number of rotatable bonds is 12. The highest BCUT2D eigenvalue weighted by atomic mass is 16.7. The number of aromatic nitrogens is 4. The maximum atomic E-state index is 14.3. The predicted molar refractivity (Wildman–Crippen MR) is 250 cm³/mol. The van der Waals surface area contributed by atoms with Crippen molar-refractivity contribution in [1.29, 1.82) is 0 Å². The molecule has 4 N–H and O–H groups in total. The molecule has 5 atom stereocenters. The Balaban J connectivity index is 0.875. The second-order valence-electron chi connectivity index (χ2n) is 18.0. The first kappa shape index (κ1) is 46.3. The number of imidazole rings is 2. The third kappa shape index (κ3) is 9.40. The molecule has 6 heterocycles. The molecule has 360 valence electrons. The van der Waals surface area contributed by atoms with Crippen LogP contribution in [0, 0.1) is 5.92 Å². The van der Waals surface area contributed by atoms with Crippen molar-refractivity contribution < 1.29 is 47.7 Å². The Bertz CT molecular complexity index is 2770. The van der Waals surface area contributed by atoms with Crippen molar-refractivity contribution in [2.45, 2.75) is 83.4 Å². The molecule has 2 aromatic heterocycles. The number of hydrogen-bond acceptors (Lipinski definition) is 12. The van der Waals surface area contributed by atoms with E-state index in [2.05, 4.69) is 27.2 Å². The summed E-state index contributed by atoms with van der Waals surface area (Å²) < 4.78 is 26.9. The Morgan fingerprint density at radius 1 is 0.826 bits per heavy atom. The zero-order valence-electron chi connectivity index (χ0n) is 39.1. The van der Waals surface area contributed by atoms with Crippen molar-refractivity contribution in [2.24, 2.45) is 5.92 Å². The molecule has 0 saturated carbocycles. The summed E-state index contributed by atoms with van der Waals surface area (Å²) in [6.07, 6.45) is 2.75. The van der Waals surface area contributed by atoms with Crippen LogP contribution in [0.25, 0.3) is 33.6 Å². The van der Waals surface area contributed by atoms with Crippen LogP contribution in [0.15, 0.2) is 85.2 Å². The summed E-state index contributed by atoms with van der Waals surface area (Å²) >= 11 is 0. The van der Waals surface area contributed by atoms with Gasteiger partial charge in [0.2, 0.25) is 18.6 Å². The molecule has 69 heavy (non-hydrogen) atoms. The number of methoxy groups -OCH3 is 2. The Kier molecular flexibility index (Phi) is 13.0. The van der Waals surface area contributed by atoms with Gasteiger partial charge in [0.05, 0.1) is 57.0 Å². The van der Waals surface area contributed by atoms with Crippen LogP contribution in [0.1, 0.15) is 74.9 Å².